The first kappa shape index (κ1) is 12.6. The molecule has 1 aliphatic heterocycles. The van der Waals surface area contributed by atoms with Gasteiger partial charge in [0.25, 0.3) is 0 Å². The maximum Gasteiger partial charge on any atom is 0.166 e. The third-order valence-corrected chi connectivity index (χ3v) is 7.09. The van der Waals surface area contributed by atoms with Crippen molar-refractivity contribution in [2.24, 2.45) is 5.92 Å². The number of fused-ring (bicyclic) bond motifs is 1. The molecule has 1 atom stereocenters. The third kappa shape index (κ3) is 2.35. The predicted molar refractivity (Wildman–Crippen MR) is 80.5 cm³/mol. The topological polar surface area (TPSA) is 17.1 Å². The molecule has 96 valence electrons. The minimum Gasteiger partial charge on any atom is -0.294 e. The van der Waals surface area contributed by atoms with Crippen LogP contribution in [0.5, 0.6) is 0 Å². The number of thioether (sulfide) groups is 2. The summed E-state index contributed by atoms with van der Waals surface area (Å²) in [4.78, 5) is 12.4. The van der Waals surface area contributed by atoms with Gasteiger partial charge in [0, 0.05) is 11.5 Å². The van der Waals surface area contributed by atoms with Crippen LogP contribution in [0.4, 0.5) is 0 Å². The van der Waals surface area contributed by atoms with Crippen LogP contribution in [0, 0.1) is 5.92 Å². The van der Waals surface area contributed by atoms with Crippen molar-refractivity contribution in [3.63, 3.8) is 0 Å². The van der Waals surface area contributed by atoms with E-state index in [9.17, 15) is 4.79 Å². The number of hydrogen-bond acceptors (Lipinski definition) is 3. The zero-order chi connectivity index (χ0) is 12.6. The number of benzene rings is 1. The highest BCUT2D eigenvalue weighted by Crippen LogP contribution is 2.47. The summed E-state index contributed by atoms with van der Waals surface area (Å²) in [5.41, 5.74) is 2.22. The first-order valence-corrected chi connectivity index (χ1v) is 8.55. The van der Waals surface area contributed by atoms with E-state index in [-0.39, 0.29) is 10.00 Å². The number of carbonyl (C=O) groups excluding carboxylic acids is 1. The molecule has 0 aromatic heterocycles. The maximum atomic E-state index is 12.4. The molecule has 1 saturated heterocycles. The lowest BCUT2D eigenvalue weighted by Crippen LogP contribution is -2.27. The largest absolute Gasteiger partial charge is 0.294 e. The second-order valence-corrected chi connectivity index (χ2v) is 8.77. The van der Waals surface area contributed by atoms with Gasteiger partial charge in [0.2, 0.25) is 0 Å². The van der Waals surface area contributed by atoms with Crippen LogP contribution in [0.2, 0.25) is 0 Å². The lowest BCUT2D eigenvalue weighted by atomic mass is 9.99. The van der Waals surface area contributed by atoms with Crippen LogP contribution < -0.4 is 0 Å². The molecule has 1 heterocycles. The van der Waals surface area contributed by atoms with Crippen molar-refractivity contribution in [1.82, 2.24) is 0 Å². The van der Waals surface area contributed by atoms with Crippen molar-refractivity contribution in [3.05, 3.63) is 35.4 Å². The van der Waals surface area contributed by atoms with E-state index in [0.717, 1.165) is 18.4 Å². The molecule has 1 fully saturated rings. The van der Waals surface area contributed by atoms with Gasteiger partial charge in [-0.25, -0.2) is 0 Å². The number of ketones is 1. The summed E-state index contributed by atoms with van der Waals surface area (Å²) in [5, 5.41) is 0. The van der Waals surface area contributed by atoms with Gasteiger partial charge in [-0.15, -0.1) is 23.5 Å². The fourth-order valence-electron chi connectivity index (χ4n) is 2.92. The Kier molecular flexibility index (Phi) is 3.46. The zero-order valence-corrected chi connectivity index (χ0v) is 12.3. The molecule has 1 unspecified atom stereocenters. The molecular formula is C15H18OS2. The van der Waals surface area contributed by atoms with E-state index >= 15 is 0 Å². The maximum absolute atomic E-state index is 12.4. The number of carbonyl (C=O) groups is 1. The van der Waals surface area contributed by atoms with Crippen molar-refractivity contribution in [2.45, 2.75) is 30.3 Å². The van der Waals surface area contributed by atoms with E-state index < -0.39 is 0 Å². The fourth-order valence-corrected chi connectivity index (χ4v) is 6.02. The average molecular weight is 278 g/mol. The Balaban J connectivity index is 1.74. The van der Waals surface area contributed by atoms with Crippen LogP contribution in [-0.4, -0.2) is 21.4 Å². The molecule has 3 rings (SSSR count). The van der Waals surface area contributed by atoms with Crippen LogP contribution >= 0.6 is 23.5 Å². The van der Waals surface area contributed by atoms with E-state index in [1.165, 1.54) is 23.5 Å². The number of hydrogen-bond donors (Lipinski definition) is 0. The molecule has 3 heteroatoms. The highest BCUT2D eigenvalue weighted by Gasteiger charge is 2.38. The standard InChI is InChI=1S/C15H18OS2/c1-15(17-7-4-8-18-15)10-12-9-11-5-2-3-6-13(11)14(12)16/h2-3,5-6,12H,4,7-10H2,1H3. The van der Waals surface area contributed by atoms with Gasteiger partial charge < -0.3 is 0 Å². The lowest BCUT2D eigenvalue weighted by Gasteiger charge is -2.34. The molecule has 0 amide bonds. The van der Waals surface area contributed by atoms with Gasteiger partial charge in [0.05, 0.1) is 4.08 Å². The van der Waals surface area contributed by atoms with Crippen molar-refractivity contribution in [1.29, 1.82) is 0 Å². The second-order valence-electron chi connectivity index (χ2n) is 5.31. The normalized spacial score (nSPS) is 26.1. The second kappa shape index (κ2) is 4.93. The number of rotatable bonds is 2. The highest BCUT2D eigenvalue weighted by molar-refractivity contribution is 8.18. The van der Waals surface area contributed by atoms with Crippen LogP contribution in [0.1, 0.15) is 35.7 Å². The van der Waals surface area contributed by atoms with E-state index in [2.05, 4.69) is 13.0 Å². The van der Waals surface area contributed by atoms with Gasteiger partial charge in [0.1, 0.15) is 0 Å². The Labute approximate surface area is 117 Å². The Bertz CT molecular complexity index is 463. The molecule has 1 aromatic rings. The Hall–Kier alpha value is -0.410. The molecule has 2 aliphatic rings. The van der Waals surface area contributed by atoms with Gasteiger partial charge in [-0.1, -0.05) is 24.3 Å². The lowest BCUT2D eigenvalue weighted by molar-refractivity contribution is 0.0929. The minimum absolute atomic E-state index is 0.213. The summed E-state index contributed by atoms with van der Waals surface area (Å²) < 4.78 is 0.251. The molecule has 0 N–H and O–H groups in total. The van der Waals surface area contributed by atoms with Crippen LogP contribution in [0.15, 0.2) is 24.3 Å². The van der Waals surface area contributed by atoms with Crippen molar-refractivity contribution >= 4 is 29.3 Å². The average Bonchev–Trinajstić information content (AvgIpc) is 2.67. The first-order chi connectivity index (χ1) is 8.68. The van der Waals surface area contributed by atoms with Gasteiger partial charge in [-0.2, -0.15) is 0 Å². The van der Waals surface area contributed by atoms with E-state index in [4.69, 9.17) is 0 Å². The van der Waals surface area contributed by atoms with Crippen molar-refractivity contribution < 1.29 is 4.79 Å². The van der Waals surface area contributed by atoms with Crippen LogP contribution in [-0.2, 0) is 6.42 Å². The molecule has 18 heavy (non-hydrogen) atoms. The van der Waals surface area contributed by atoms with E-state index in [1.807, 2.05) is 41.7 Å². The Morgan fingerprint density at radius 3 is 2.72 bits per heavy atom. The van der Waals surface area contributed by atoms with Gasteiger partial charge in [-0.3, -0.25) is 4.79 Å². The predicted octanol–water partition coefficient (Wildman–Crippen LogP) is 4.02. The molecule has 0 spiro atoms. The van der Waals surface area contributed by atoms with E-state index in [1.54, 1.807) is 0 Å². The molecule has 0 radical (unpaired) electrons. The minimum atomic E-state index is 0.213. The Morgan fingerprint density at radius 1 is 1.28 bits per heavy atom. The Morgan fingerprint density at radius 2 is 2.00 bits per heavy atom. The fraction of sp³-hybridized carbons (Fsp3) is 0.533. The SMILES string of the molecule is CC1(CC2Cc3ccccc3C2=O)SCCCS1. The van der Waals surface area contributed by atoms with E-state index in [0.29, 0.717) is 5.78 Å². The van der Waals surface area contributed by atoms with Crippen LogP contribution in [0.25, 0.3) is 0 Å². The molecule has 1 aliphatic carbocycles. The third-order valence-electron chi connectivity index (χ3n) is 3.84. The summed E-state index contributed by atoms with van der Waals surface area (Å²) in [7, 11) is 0. The molecule has 1 aromatic carbocycles. The molecule has 0 saturated carbocycles. The molecule has 0 bridgehead atoms. The van der Waals surface area contributed by atoms with Crippen LogP contribution in [0.3, 0.4) is 0 Å². The van der Waals surface area contributed by atoms with Gasteiger partial charge in [-0.05, 0) is 43.3 Å². The van der Waals surface area contributed by atoms with Gasteiger partial charge >= 0.3 is 0 Å². The summed E-state index contributed by atoms with van der Waals surface area (Å²) in [6.45, 7) is 2.32. The molecule has 1 nitrogen and oxygen atoms in total. The van der Waals surface area contributed by atoms with Gasteiger partial charge in [0.15, 0.2) is 5.78 Å². The summed E-state index contributed by atoms with van der Waals surface area (Å²) >= 11 is 4.09. The highest BCUT2D eigenvalue weighted by atomic mass is 32.2. The number of Topliss-reactive ketones (excluding diaryl/α,β-unsaturated/α-hetero) is 1. The monoisotopic (exact) mass is 278 g/mol. The summed E-state index contributed by atoms with van der Waals surface area (Å²) in [5.74, 6) is 3.08. The summed E-state index contributed by atoms with van der Waals surface area (Å²) in [6.07, 6.45) is 3.28. The van der Waals surface area contributed by atoms with Crippen molar-refractivity contribution in [3.8, 4) is 0 Å². The molecular weight excluding hydrogens is 260 g/mol. The first-order valence-electron chi connectivity index (χ1n) is 6.58. The summed E-state index contributed by atoms with van der Waals surface area (Å²) in [6, 6.07) is 8.11. The zero-order valence-electron chi connectivity index (χ0n) is 10.6. The smallest absolute Gasteiger partial charge is 0.166 e. The van der Waals surface area contributed by atoms with Crippen molar-refractivity contribution in [2.75, 3.05) is 11.5 Å². The quantitative estimate of drug-likeness (QED) is 0.813.